The van der Waals surface area contributed by atoms with Crippen molar-refractivity contribution in [1.82, 2.24) is 5.32 Å². The molecule has 3 N–H and O–H groups in total. The second kappa shape index (κ2) is 5.64. The fraction of sp³-hybridized carbons (Fsp3) is 0.562. The van der Waals surface area contributed by atoms with E-state index >= 15 is 0 Å². The van der Waals surface area contributed by atoms with Crippen molar-refractivity contribution in [2.75, 3.05) is 5.73 Å². The van der Waals surface area contributed by atoms with Gasteiger partial charge in [0.1, 0.15) is 0 Å². The lowest BCUT2D eigenvalue weighted by atomic mass is 9.78. The van der Waals surface area contributed by atoms with Gasteiger partial charge in [0.05, 0.1) is 0 Å². The van der Waals surface area contributed by atoms with E-state index in [0.29, 0.717) is 23.4 Å². The summed E-state index contributed by atoms with van der Waals surface area (Å²) in [6, 6.07) is 5.77. The standard InChI is InChI=1S/C16H24N2O/c1-10-5-4-6-15(12(10)3)18-16(19)13-7-8-14(17)11(2)9-13/h7-10,12,15H,4-6,17H2,1-3H3,(H,18,19). The van der Waals surface area contributed by atoms with Crippen molar-refractivity contribution < 1.29 is 4.79 Å². The molecule has 19 heavy (non-hydrogen) atoms. The van der Waals surface area contributed by atoms with Crippen molar-refractivity contribution in [3.05, 3.63) is 29.3 Å². The van der Waals surface area contributed by atoms with Crippen LogP contribution >= 0.6 is 0 Å². The fourth-order valence-electron chi connectivity index (χ4n) is 2.85. The maximum Gasteiger partial charge on any atom is 0.251 e. The van der Waals surface area contributed by atoms with Gasteiger partial charge in [0.2, 0.25) is 0 Å². The Morgan fingerprint density at radius 1 is 1.32 bits per heavy atom. The van der Waals surface area contributed by atoms with E-state index in [1.165, 1.54) is 12.8 Å². The maximum atomic E-state index is 12.3. The van der Waals surface area contributed by atoms with E-state index in [1.807, 2.05) is 13.0 Å². The van der Waals surface area contributed by atoms with Gasteiger partial charge in [-0.15, -0.1) is 0 Å². The molecule has 1 aromatic rings. The highest BCUT2D eigenvalue weighted by molar-refractivity contribution is 5.95. The molecular weight excluding hydrogens is 236 g/mol. The first kappa shape index (κ1) is 13.9. The van der Waals surface area contributed by atoms with E-state index in [2.05, 4.69) is 19.2 Å². The van der Waals surface area contributed by atoms with Crippen LogP contribution in [0.5, 0.6) is 0 Å². The molecule has 0 aliphatic heterocycles. The van der Waals surface area contributed by atoms with E-state index in [1.54, 1.807) is 12.1 Å². The quantitative estimate of drug-likeness (QED) is 0.803. The van der Waals surface area contributed by atoms with Gasteiger partial charge in [0.15, 0.2) is 0 Å². The minimum Gasteiger partial charge on any atom is -0.399 e. The second-order valence-corrected chi connectivity index (χ2v) is 5.92. The summed E-state index contributed by atoms with van der Waals surface area (Å²) in [6.45, 7) is 6.44. The maximum absolute atomic E-state index is 12.3. The lowest BCUT2D eigenvalue weighted by Crippen LogP contribution is -2.43. The lowest BCUT2D eigenvalue weighted by molar-refractivity contribution is 0.0891. The van der Waals surface area contributed by atoms with Crippen molar-refractivity contribution in [1.29, 1.82) is 0 Å². The Morgan fingerprint density at radius 3 is 2.74 bits per heavy atom. The number of benzene rings is 1. The molecule has 1 saturated carbocycles. The minimum absolute atomic E-state index is 0.0223. The van der Waals surface area contributed by atoms with Gasteiger partial charge in [-0.05, 0) is 48.9 Å². The monoisotopic (exact) mass is 260 g/mol. The Kier molecular flexibility index (Phi) is 4.13. The number of hydrogen-bond donors (Lipinski definition) is 2. The van der Waals surface area contributed by atoms with Crippen molar-refractivity contribution in [2.45, 2.75) is 46.1 Å². The number of amides is 1. The van der Waals surface area contributed by atoms with Gasteiger partial charge >= 0.3 is 0 Å². The molecule has 0 spiro atoms. The predicted octanol–water partition coefficient (Wildman–Crippen LogP) is 3.13. The van der Waals surface area contributed by atoms with Crippen LogP contribution in [0.4, 0.5) is 5.69 Å². The molecule has 0 saturated heterocycles. The summed E-state index contributed by atoms with van der Waals surface area (Å²) in [7, 11) is 0. The third-order valence-electron chi connectivity index (χ3n) is 4.56. The highest BCUT2D eigenvalue weighted by atomic mass is 16.1. The normalized spacial score (nSPS) is 27.0. The average Bonchev–Trinajstić information content (AvgIpc) is 2.38. The van der Waals surface area contributed by atoms with E-state index in [9.17, 15) is 4.79 Å². The molecule has 1 aromatic carbocycles. The first-order valence-corrected chi connectivity index (χ1v) is 7.16. The summed E-state index contributed by atoms with van der Waals surface area (Å²) in [6.07, 6.45) is 3.57. The molecule has 0 bridgehead atoms. The predicted molar refractivity (Wildman–Crippen MR) is 79.0 cm³/mol. The molecule has 0 heterocycles. The van der Waals surface area contributed by atoms with Crippen molar-refractivity contribution in [3.8, 4) is 0 Å². The Bertz CT molecular complexity index is 470. The molecule has 3 atom stereocenters. The topological polar surface area (TPSA) is 55.1 Å². The van der Waals surface area contributed by atoms with Gasteiger partial charge in [-0.3, -0.25) is 4.79 Å². The first-order chi connectivity index (χ1) is 8.99. The molecule has 104 valence electrons. The van der Waals surface area contributed by atoms with Crippen LogP contribution in [0, 0.1) is 18.8 Å². The van der Waals surface area contributed by atoms with Crippen LogP contribution < -0.4 is 11.1 Å². The molecule has 3 unspecified atom stereocenters. The van der Waals surface area contributed by atoms with E-state index < -0.39 is 0 Å². The zero-order valence-corrected chi connectivity index (χ0v) is 12.1. The van der Waals surface area contributed by atoms with Crippen LogP contribution in [-0.4, -0.2) is 11.9 Å². The summed E-state index contributed by atoms with van der Waals surface area (Å²) < 4.78 is 0. The molecule has 3 heteroatoms. The highest BCUT2D eigenvalue weighted by Crippen LogP contribution is 2.29. The van der Waals surface area contributed by atoms with Gasteiger partial charge in [0, 0.05) is 17.3 Å². The first-order valence-electron chi connectivity index (χ1n) is 7.16. The lowest BCUT2D eigenvalue weighted by Gasteiger charge is -2.34. The molecule has 1 aliphatic carbocycles. The summed E-state index contributed by atoms with van der Waals surface area (Å²) in [4.78, 5) is 12.3. The summed E-state index contributed by atoms with van der Waals surface area (Å²) in [5.74, 6) is 1.26. The van der Waals surface area contributed by atoms with Crippen LogP contribution in [0.2, 0.25) is 0 Å². The third kappa shape index (κ3) is 3.09. The minimum atomic E-state index is 0.0223. The van der Waals surface area contributed by atoms with Crippen LogP contribution in [0.15, 0.2) is 18.2 Å². The van der Waals surface area contributed by atoms with Gasteiger partial charge in [-0.1, -0.05) is 26.7 Å². The SMILES string of the molecule is Cc1cc(C(=O)NC2CCCC(C)C2C)ccc1N. The third-order valence-corrected chi connectivity index (χ3v) is 4.56. The zero-order valence-electron chi connectivity index (χ0n) is 12.1. The van der Waals surface area contributed by atoms with Gasteiger partial charge < -0.3 is 11.1 Å². The molecule has 0 radical (unpaired) electrons. The number of carbonyl (C=O) groups excluding carboxylic acids is 1. The molecule has 1 amide bonds. The Balaban J connectivity index is 2.06. The smallest absolute Gasteiger partial charge is 0.251 e. The van der Waals surface area contributed by atoms with Crippen LogP contribution in [0.1, 0.15) is 49.0 Å². The largest absolute Gasteiger partial charge is 0.399 e. The second-order valence-electron chi connectivity index (χ2n) is 5.92. The number of carbonyl (C=O) groups is 1. The van der Waals surface area contributed by atoms with Crippen LogP contribution in [0.3, 0.4) is 0 Å². The molecular formula is C16H24N2O. The summed E-state index contributed by atoms with van der Waals surface area (Å²) in [5, 5.41) is 3.18. The molecule has 1 fully saturated rings. The van der Waals surface area contributed by atoms with Crippen LogP contribution in [-0.2, 0) is 0 Å². The zero-order chi connectivity index (χ0) is 14.0. The molecule has 2 rings (SSSR count). The Morgan fingerprint density at radius 2 is 2.05 bits per heavy atom. The summed E-state index contributed by atoms with van der Waals surface area (Å²) >= 11 is 0. The number of anilines is 1. The van der Waals surface area contributed by atoms with E-state index in [4.69, 9.17) is 5.73 Å². The Hall–Kier alpha value is -1.51. The molecule has 1 aliphatic rings. The van der Waals surface area contributed by atoms with Gasteiger partial charge in [0.25, 0.3) is 5.91 Å². The number of nitrogens with one attached hydrogen (secondary N) is 1. The van der Waals surface area contributed by atoms with E-state index in [-0.39, 0.29) is 5.91 Å². The Labute approximate surface area is 115 Å². The van der Waals surface area contributed by atoms with Crippen LogP contribution in [0.25, 0.3) is 0 Å². The van der Waals surface area contributed by atoms with Gasteiger partial charge in [-0.25, -0.2) is 0 Å². The van der Waals surface area contributed by atoms with Crippen molar-refractivity contribution in [2.24, 2.45) is 11.8 Å². The van der Waals surface area contributed by atoms with Gasteiger partial charge in [-0.2, -0.15) is 0 Å². The number of nitrogen functional groups attached to an aromatic ring is 1. The highest BCUT2D eigenvalue weighted by Gasteiger charge is 2.28. The summed E-state index contributed by atoms with van der Waals surface area (Å²) in [5.41, 5.74) is 8.18. The number of rotatable bonds is 2. The molecule has 0 aromatic heterocycles. The number of aryl methyl sites for hydroxylation is 1. The number of hydrogen-bond acceptors (Lipinski definition) is 2. The fourth-order valence-corrected chi connectivity index (χ4v) is 2.85. The average molecular weight is 260 g/mol. The van der Waals surface area contributed by atoms with Crippen molar-refractivity contribution in [3.63, 3.8) is 0 Å². The number of nitrogens with two attached hydrogens (primary N) is 1. The molecule has 3 nitrogen and oxygen atoms in total. The van der Waals surface area contributed by atoms with E-state index in [0.717, 1.165) is 17.7 Å². The van der Waals surface area contributed by atoms with Crippen molar-refractivity contribution >= 4 is 11.6 Å².